The largest absolute Gasteiger partial charge is 0.354 e. The van der Waals surface area contributed by atoms with Gasteiger partial charge < -0.3 is 5.32 Å². The van der Waals surface area contributed by atoms with Gasteiger partial charge in [-0.2, -0.15) is 0 Å². The number of aryl methyl sites for hydroxylation is 1. The van der Waals surface area contributed by atoms with Crippen LogP contribution in [0.1, 0.15) is 25.3 Å². The van der Waals surface area contributed by atoms with Crippen molar-refractivity contribution in [2.45, 2.75) is 32.2 Å². The smallest absolute Gasteiger partial charge is 0.243 e. The van der Waals surface area contributed by atoms with E-state index in [1.54, 1.807) is 13.0 Å². The summed E-state index contributed by atoms with van der Waals surface area (Å²) in [4.78, 5) is 12.7. The third kappa shape index (κ3) is 5.69. The van der Waals surface area contributed by atoms with Crippen LogP contribution in [0.4, 0.5) is 10.1 Å². The number of para-hydroxylation sites is 1. The van der Waals surface area contributed by atoms with Gasteiger partial charge in [-0.05, 0) is 43.0 Å². The highest BCUT2D eigenvalue weighted by atomic mass is 35.5. The number of amides is 1. The Hall–Kier alpha value is -2.12. The van der Waals surface area contributed by atoms with Crippen molar-refractivity contribution in [3.63, 3.8) is 0 Å². The van der Waals surface area contributed by atoms with Gasteiger partial charge in [0, 0.05) is 11.6 Å². The van der Waals surface area contributed by atoms with Crippen LogP contribution in [0.25, 0.3) is 0 Å². The summed E-state index contributed by atoms with van der Waals surface area (Å²) in [7, 11) is -3.86. The van der Waals surface area contributed by atoms with Crippen LogP contribution < -0.4 is 9.62 Å². The van der Waals surface area contributed by atoms with Gasteiger partial charge >= 0.3 is 0 Å². The van der Waals surface area contributed by atoms with E-state index in [0.29, 0.717) is 24.4 Å². The quantitative estimate of drug-likeness (QED) is 0.620. The Bertz CT molecular complexity index is 921. The molecule has 152 valence electrons. The molecule has 2 aromatic carbocycles. The van der Waals surface area contributed by atoms with Crippen molar-refractivity contribution >= 4 is 33.2 Å². The molecule has 1 amide bonds. The average molecular weight is 427 g/mol. The van der Waals surface area contributed by atoms with Crippen LogP contribution >= 0.6 is 11.6 Å². The first-order valence-corrected chi connectivity index (χ1v) is 11.2. The van der Waals surface area contributed by atoms with Crippen LogP contribution in [-0.2, 0) is 21.2 Å². The molecular formula is C20H24ClFN2O3S. The number of hydrogen-bond donors (Lipinski definition) is 1. The van der Waals surface area contributed by atoms with Gasteiger partial charge in [-0.15, -0.1) is 0 Å². The number of sulfonamides is 1. The predicted molar refractivity (Wildman–Crippen MR) is 111 cm³/mol. The Balaban J connectivity index is 2.08. The van der Waals surface area contributed by atoms with E-state index in [-0.39, 0.29) is 12.1 Å². The Kier molecular flexibility index (Phi) is 7.83. The number of hydrogen-bond acceptors (Lipinski definition) is 3. The van der Waals surface area contributed by atoms with Crippen LogP contribution in [0, 0.1) is 5.82 Å². The summed E-state index contributed by atoms with van der Waals surface area (Å²) in [5.41, 5.74) is 0.845. The highest BCUT2D eigenvalue weighted by Gasteiger charge is 2.32. The summed E-state index contributed by atoms with van der Waals surface area (Å²) >= 11 is 6.12. The van der Waals surface area contributed by atoms with Crippen LogP contribution in [-0.4, -0.2) is 33.2 Å². The van der Waals surface area contributed by atoms with E-state index in [0.717, 1.165) is 16.1 Å². The lowest BCUT2D eigenvalue weighted by atomic mass is 10.1. The lowest BCUT2D eigenvalue weighted by Gasteiger charge is -2.30. The molecule has 0 spiro atoms. The maximum atomic E-state index is 14.2. The van der Waals surface area contributed by atoms with Gasteiger partial charge in [-0.25, -0.2) is 12.8 Å². The average Bonchev–Trinajstić information content (AvgIpc) is 2.64. The molecule has 0 aliphatic carbocycles. The van der Waals surface area contributed by atoms with Crippen LogP contribution in [0.2, 0.25) is 5.02 Å². The number of carbonyl (C=O) groups is 1. The van der Waals surface area contributed by atoms with E-state index in [2.05, 4.69) is 5.32 Å². The van der Waals surface area contributed by atoms with Crippen molar-refractivity contribution < 1.29 is 17.6 Å². The second-order valence-electron chi connectivity index (χ2n) is 6.42. The minimum atomic E-state index is -3.86. The fraction of sp³-hybridized carbons (Fsp3) is 0.350. The standard InChI is InChI=1S/C20H24ClFN2O3S/c1-3-18(24(28(2,26)27)19-13-7-6-12-17(19)22)20(25)23-14-8-10-15-9-4-5-11-16(15)21/h4-7,9,11-13,18H,3,8,10,14H2,1-2H3,(H,23,25)/t18-/m1/s1. The first-order valence-electron chi connectivity index (χ1n) is 9.00. The van der Waals surface area contributed by atoms with Crippen molar-refractivity contribution in [3.8, 4) is 0 Å². The predicted octanol–water partition coefficient (Wildman–Crippen LogP) is 3.77. The molecule has 0 unspecified atom stereocenters. The fourth-order valence-electron chi connectivity index (χ4n) is 2.98. The second kappa shape index (κ2) is 9.89. The molecule has 1 N–H and O–H groups in total. The normalized spacial score (nSPS) is 12.4. The topological polar surface area (TPSA) is 66.5 Å². The third-order valence-corrected chi connectivity index (χ3v) is 5.83. The van der Waals surface area contributed by atoms with Crippen LogP contribution in [0.3, 0.4) is 0 Å². The summed E-state index contributed by atoms with van der Waals surface area (Å²) < 4.78 is 39.7. The maximum absolute atomic E-state index is 14.2. The van der Waals surface area contributed by atoms with E-state index in [9.17, 15) is 17.6 Å². The number of rotatable bonds is 9. The number of nitrogens with zero attached hydrogens (tertiary/aromatic N) is 1. The van der Waals surface area contributed by atoms with Crippen molar-refractivity contribution in [2.24, 2.45) is 0 Å². The van der Waals surface area contributed by atoms with E-state index >= 15 is 0 Å². The SMILES string of the molecule is CC[C@H](C(=O)NCCCc1ccccc1Cl)N(c1ccccc1F)S(C)(=O)=O. The molecule has 8 heteroatoms. The molecule has 5 nitrogen and oxygen atoms in total. The zero-order chi connectivity index (χ0) is 20.7. The van der Waals surface area contributed by atoms with Gasteiger partial charge in [0.05, 0.1) is 11.9 Å². The molecule has 0 radical (unpaired) electrons. The molecular weight excluding hydrogens is 403 g/mol. The molecule has 0 aliphatic rings. The summed E-state index contributed by atoms with van der Waals surface area (Å²) in [6, 6.07) is 12.0. The van der Waals surface area contributed by atoms with E-state index < -0.39 is 27.8 Å². The summed E-state index contributed by atoms with van der Waals surface area (Å²) in [5, 5.41) is 3.42. The molecule has 0 fully saturated rings. The monoisotopic (exact) mass is 426 g/mol. The maximum Gasteiger partial charge on any atom is 0.243 e. The van der Waals surface area contributed by atoms with Crippen molar-refractivity contribution in [2.75, 3.05) is 17.1 Å². The van der Waals surface area contributed by atoms with Gasteiger partial charge in [0.15, 0.2) is 0 Å². The Morgan fingerprint density at radius 2 is 1.82 bits per heavy atom. The molecule has 0 saturated carbocycles. The van der Waals surface area contributed by atoms with Crippen LogP contribution in [0.15, 0.2) is 48.5 Å². The zero-order valence-corrected chi connectivity index (χ0v) is 17.4. The number of carbonyl (C=O) groups excluding carboxylic acids is 1. The fourth-order valence-corrected chi connectivity index (χ4v) is 4.42. The lowest BCUT2D eigenvalue weighted by Crippen LogP contribution is -2.49. The Morgan fingerprint density at radius 1 is 1.18 bits per heavy atom. The first-order chi connectivity index (χ1) is 13.3. The summed E-state index contributed by atoms with van der Waals surface area (Å²) in [5.74, 6) is -1.16. The minimum absolute atomic E-state index is 0.136. The lowest BCUT2D eigenvalue weighted by molar-refractivity contribution is -0.122. The van der Waals surface area contributed by atoms with Crippen LogP contribution in [0.5, 0.6) is 0 Å². The molecule has 0 saturated heterocycles. The Morgan fingerprint density at radius 3 is 2.43 bits per heavy atom. The zero-order valence-electron chi connectivity index (χ0n) is 15.9. The van der Waals surface area contributed by atoms with Gasteiger partial charge in [0.25, 0.3) is 0 Å². The minimum Gasteiger partial charge on any atom is -0.354 e. The number of anilines is 1. The molecule has 0 aromatic heterocycles. The van der Waals surface area contributed by atoms with Gasteiger partial charge in [-0.3, -0.25) is 9.10 Å². The van der Waals surface area contributed by atoms with E-state index in [1.807, 2.05) is 18.2 Å². The highest BCUT2D eigenvalue weighted by Crippen LogP contribution is 2.25. The van der Waals surface area contributed by atoms with Gasteiger partial charge in [0.1, 0.15) is 11.9 Å². The van der Waals surface area contributed by atoms with Gasteiger partial charge in [-0.1, -0.05) is 48.9 Å². The van der Waals surface area contributed by atoms with Crippen molar-refractivity contribution in [1.82, 2.24) is 5.32 Å². The molecule has 28 heavy (non-hydrogen) atoms. The number of benzene rings is 2. The third-order valence-electron chi connectivity index (χ3n) is 4.30. The highest BCUT2D eigenvalue weighted by molar-refractivity contribution is 7.92. The molecule has 2 aromatic rings. The summed E-state index contributed by atoms with van der Waals surface area (Å²) in [6.45, 7) is 2.04. The molecule has 1 atom stereocenters. The molecule has 2 rings (SSSR count). The first kappa shape index (κ1) is 22.2. The number of nitrogens with one attached hydrogen (secondary N) is 1. The molecule has 0 heterocycles. The van der Waals surface area contributed by atoms with Crippen molar-refractivity contribution in [1.29, 1.82) is 0 Å². The summed E-state index contributed by atoms with van der Waals surface area (Å²) in [6.07, 6.45) is 2.49. The molecule has 0 bridgehead atoms. The van der Waals surface area contributed by atoms with E-state index in [1.165, 1.54) is 24.3 Å². The van der Waals surface area contributed by atoms with Gasteiger partial charge in [0.2, 0.25) is 15.9 Å². The van der Waals surface area contributed by atoms with Crippen molar-refractivity contribution in [3.05, 3.63) is 64.9 Å². The molecule has 0 aliphatic heterocycles. The Labute approximate surface area is 170 Å². The van der Waals surface area contributed by atoms with E-state index in [4.69, 9.17) is 11.6 Å². The number of halogens is 2. The second-order valence-corrected chi connectivity index (χ2v) is 8.69.